The highest BCUT2D eigenvalue weighted by molar-refractivity contribution is 14.1. The third-order valence-electron chi connectivity index (χ3n) is 2.12. The molecule has 1 aromatic rings. The summed E-state index contributed by atoms with van der Waals surface area (Å²) < 4.78 is 5.99. The first-order chi connectivity index (χ1) is 7.54. The molecule has 0 radical (unpaired) electrons. The molecule has 0 bridgehead atoms. The van der Waals surface area contributed by atoms with Gasteiger partial charge in [0, 0.05) is 13.5 Å². The lowest BCUT2D eigenvalue weighted by atomic mass is 10.1. The van der Waals surface area contributed by atoms with Crippen LogP contribution in [0, 0.1) is 9.49 Å². The van der Waals surface area contributed by atoms with E-state index in [1.54, 1.807) is 7.11 Å². The summed E-state index contributed by atoms with van der Waals surface area (Å²) in [5.41, 5.74) is 6.92. The van der Waals surface area contributed by atoms with Crippen LogP contribution in [0.3, 0.4) is 0 Å². The predicted octanol–water partition coefficient (Wildman–Crippen LogP) is 2.05. The highest BCUT2D eigenvalue weighted by Crippen LogP contribution is 2.19. The van der Waals surface area contributed by atoms with E-state index in [0.717, 1.165) is 21.5 Å². The zero-order valence-electron chi connectivity index (χ0n) is 9.96. The monoisotopic (exact) mass is 335 g/mol. The molecule has 0 fully saturated rings. The molecule has 0 unspecified atom stereocenters. The summed E-state index contributed by atoms with van der Waals surface area (Å²) in [5.74, 6) is 1.92. The van der Waals surface area contributed by atoms with Crippen molar-refractivity contribution in [2.45, 2.75) is 26.7 Å². The van der Waals surface area contributed by atoms with E-state index in [-0.39, 0.29) is 0 Å². The topological polar surface area (TPSA) is 61.0 Å². The minimum absolute atomic E-state index is 0.568. The van der Waals surface area contributed by atoms with Crippen LogP contribution in [0.5, 0.6) is 0 Å². The van der Waals surface area contributed by atoms with Gasteiger partial charge in [-0.15, -0.1) is 0 Å². The number of methoxy groups -OCH3 is 1. The van der Waals surface area contributed by atoms with E-state index in [0.29, 0.717) is 24.8 Å². The van der Waals surface area contributed by atoms with Crippen LogP contribution in [0.2, 0.25) is 0 Å². The van der Waals surface area contributed by atoms with Gasteiger partial charge in [0.15, 0.2) is 0 Å². The molecule has 2 N–H and O–H groups in total. The Labute approximate surface area is 110 Å². The van der Waals surface area contributed by atoms with E-state index in [2.05, 4.69) is 46.4 Å². The average molecular weight is 335 g/mol. The van der Waals surface area contributed by atoms with Crippen LogP contribution in [0.15, 0.2) is 0 Å². The van der Waals surface area contributed by atoms with Crippen molar-refractivity contribution in [2.75, 3.05) is 19.5 Å². The van der Waals surface area contributed by atoms with Crippen LogP contribution in [0.4, 0.5) is 5.82 Å². The molecule has 0 aromatic carbocycles. The quantitative estimate of drug-likeness (QED) is 0.837. The van der Waals surface area contributed by atoms with Crippen molar-refractivity contribution in [3.63, 3.8) is 0 Å². The number of nitrogen functional groups attached to an aromatic ring is 1. The number of anilines is 1. The summed E-state index contributed by atoms with van der Waals surface area (Å²) in [6, 6.07) is 0. The Balaban J connectivity index is 2.92. The number of nitrogens with zero attached hydrogens (tertiary/aromatic N) is 2. The fraction of sp³-hybridized carbons (Fsp3) is 0.636. The summed E-state index contributed by atoms with van der Waals surface area (Å²) in [4.78, 5) is 8.79. The first kappa shape index (κ1) is 13.6. The van der Waals surface area contributed by atoms with Gasteiger partial charge in [0.2, 0.25) is 0 Å². The SMILES string of the molecule is COCCc1nc(N)c(I)c(CC(C)C)n1. The molecule has 16 heavy (non-hydrogen) atoms. The molecule has 90 valence electrons. The van der Waals surface area contributed by atoms with Gasteiger partial charge in [-0.25, -0.2) is 9.97 Å². The van der Waals surface area contributed by atoms with Gasteiger partial charge in [-0.05, 0) is 34.9 Å². The predicted molar refractivity (Wildman–Crippen MR) is 73.3 cm³/mol. The minimum Gasteiger partial charge on any atom is -0.384 e. The molecule has 0 atom stereocenters. The maximum absolute atomic E-state index is 5.87. The number of nitrogens with two attached hydrogens (primary N) is 1. The van der Waals surface area contributed by atoms with Gasteiger partial charge in [-0.1, -0.05) is 13.8 Å². The van der Waals surface area contributed by atoms with Crippen molar-refractivity contribution >= 4 is 28.4 Å². The molecule has 1 aromatic heterocycles. The molecule has 0 saturated heterocycles. The highest BCUT2D eigenvalue weighted by atomic mass is 127. The van der Waals surface area contributed by atoms with E-state index in [1.807, 2.05) is 0 Å². The molecule has 0 spiro atoms. The first-order valence-electron chi connectivity index (χ1n) is 5.34. The van der Waals surface area contributed by atoms with Gasteiger partial charge >= 0.3 is 0 Å². The highest BCUT2D eigenvalue weighted by Gasteiger charge is 2.11. The molecule has 0 aliphatic heterocycles. The number of hydrogen-bond acceptors (Lipinski definition) is 4. The molecule has 1 rings (SSSR count). The Kier molecular flexibility index (Phi) is 5.40. The van der Waals surface area contributed by atoms with Gasteiger partial charge < -0.3 is 10.5 Å². The van der Waals surface area contributed by atoms with Crippen molar-refractivity contribution in [3.05, 3.63) is 15.1 Å². The Morgan fingerprint density at radius 2 is 2.06 bits per heavy atom. The summed E-state index contributed by atoms with van der Waals surface area (Å²) >= 11 is 2.21. The zero-order valence-corrected chi connectivity index (χ0v) is 12.1. The summed E-state index contributed by atoms with van der Waals surface area (Å²) in [5, 5.41) is 0. The average Bonchev–Trinajstić information content (AvgIpc) is 2.21. The fourth-order valence-corrected chi connectivity index (χ4v) is 1.85. The lowest BCUT2D eigenvalue weighted by Gasteiger charge is -2.10. The Morgan fingerprint density at radius 1 is 1.38 bits per heavy atom. The number of hydrogen-bond donors (Lipinski definition) is 1. The van der Waals surface area contributed by atoms with Gasteiger partial charge in [0.05, 0.1) is 15.9 Å². The second-order valence-corrected chi connectivity index (χ2v) is 5.21. The summed E-state index contributed by atoms with van der Waals surface area (Å²) in [6.45, 7) is 4.97. The van der Waals surface area contributed by atoms with Gasteiger partial charge in [0.25, 0.3) is 0 Å². The van der Waals surface area contributed by atoms with E-state index in [4.69, 9.17) is 10.5 Å². The van der Waals surface area contributed by atoms with E-state index >= 15 is 0 Å². The van der Waals surface area contributed by atoms with Crippen LogP contribution < -0.4 is 5.73 Å². The van der Waals surface area contributed by atoms with E-state index in [1.165, 1.54) is 0 Å². The molecular weight excluding hydrogens is 317 g/mol. The first-order valence-corrected chi connectivity index (χ1v) is 6.42. The molecular formula is C11H18IN3O. The molecule has 0 aliphatic rings. The number of halogens is 1. The second kappa shape index (κ2) is 6.34. The Hall–Kier alpha value is -0.430. The van der Waals surface area contributed by atoms with Gasteiger partial charge in [-0.2, -0.15) is 0 Å². The molecule has 0 amide bonds. The number of rotatable bonds is 5. The third kappa shape index (κ3) is 3.86. The van der Waals surface area contributed by atoms with Crippen LogP contribution in [0.1, 0.15) is 25.4 Å². The van der Waals surface area contributed by atoms with Crippen molar-refractivity contribution in [2.24, 2.45) is 5.92 Å². The van der Waals surface area contributed by atoms with Crippen LogP contribution in [0.25, 0.3) is 0 Å². The lowest BCUT2D eigenvalue weighted by molar-refractivity contribution is 0.200. The van der Waals surface area contributed by atoms with Crippen molar-refractivity contribution < 1.29 is 4.74 Å². The van der Waals surface area contributed by atoms with E-state index in [9.17, 15) is 0 Å². The third-order valence-corrected chi connectivity index (χ3v) is 3.30. The van der Waals surface area contributed by atoms with Crippen molar-refractivity contribution in [3.8, 4) is 0 Å². The van der Waals surface area contributed by atoms with Crippen LogP contribution in [-0.2, 0) is 17.6 Å². The maximum Gasteiger partial charge on any atom is 0.140 e. The molecule has 0 saturated carbocycles. The molecule has 1 heterocycles. The van der Waals surface area contributed by atoms with E-state index < -0.39 is 0 Å². The smallest absolute Gasteiger partial charge is 0.140 e. The van der Waals surface area contributed by atoms with Gasteiger partial charge in [-0.3, -0.25) is 0 Å². The number of ether oxygens (including phenoxy) is 1. The van der Waals surface area contributed by atoms with Crippen molar-refractivity contribution in [1.29, 1.82) is 0 Å². The number of aromatic nitrogens is 2. The molecule has 0 aliphatic carbocycles. The Morgan fingerprint density at radius 3 is 2.62 bits per heavy atom. The van der Waals surface area contributed by atoms with Crippen LogP contribution in [-0.4, -0.2) is 23.7 Å². The van der Waals surface area contributed by atoms with Crippen LogP contribution >= 0.6 is 22.6 Å². The maximum atomic E-state index is 5.87. The summed E-state index contributed by atoms with van der Waals surface area (Å²) in [7, 11) is 1.67. The second-order valence-electron chi connectivity index (χ2n) is 4.13. The Bertz CT molecular complexity index is 355. The van der Waals surface area contributed by atoms with Gasteiger partial charge in [0.1, 0.15) is 11.6 Å². The zero-order chi connectivity index (χ0) is 12.1. The van der Waals surface area contributed by atoms with Crippen molar-refractivity contribution in [1.82, 2.24) is 9.97 Å². The standard InChI is InChI=1S/C11H18IN3O/c1-7(2)6-8-10(12)11(13)15-9(14-8)4-5-16-3/h7H,4-6H2,1-3H3,(H2,13,14,15). The lowest BCUT2D eigenvalue weighted by Crippen LogP contribution is -2.11. The summed E-state index contributed by atoms with van der Waals surface area (Å²) in [6.07, 6.45) is 1.65. The largest absolute Gasteiger partial charge is 0.384 e. The molecule has 5 heteroatoms. The molecule has 4 nitrogen and oxygen atoms in total. The normalized spacial score (nSPS) is 11.1. The minimum atomic E-state index is 0.568. The fourth-order valence-electron chi connectivity index (χ4n) is 1.39.